The van der Waals surface area contributed by atoms with Crippen molar-refractivity contribution in [2.75, 3.05) is 0 Å². The van der Waals surface area contributed by atoms with Crippen LogP contribution in [0.1, 0.15) is 22.5 Å². The summed E-state index contributed by atoms with van der Waals surface area (Å²) in [5.74, 6) is 0. The van der Waals surface area contributed by atoms with Crippen LogP contribution in [0.4, 0.5) is 0 Å². The Morgan fingerprint density at radius 1 is 0.765 bits per heavy atom. The van der Waals surface area contributed by atoms with Crippen LogP contribution >= 0.6 is 23.2 Å². The highest BCUT2D eigenvalue weighted by Crippen LogP contribution is 2.22. The minimum Gasteiger partial charge on any atom is -0.318 e. The fourth-order valence-electron chi connectivity index (χ4n) is 3.21. The largest absolute Gasteiger partial charge is 0.318 e. The molecule has 2 heterocycles. The van der Waals surface area contributed by atoms with Gasteiger partial charge in [-0.25, -0.2) is 20.2 Å². The highest BCUT2D eigenvalue weighted by molar-refractivity contribution is 6.32. The van der Waals surface area contributed by atoms with E-state index in [1.807, 2.05) is 74.5 Å². The lowest BCUT2D eigenvalue weighted by Crippen LogP contribution is -2.72. The van der Waals surface area contributed by atoms with Crippen molar-refractivity contribution in [3.05, 3.63) is 93.5 Å². The van der Waals surface area contributed by atoms with Crippen molar-refractivity contribution >= 4 is 35.6 Å². The molecule has 11 heteroatoms. The van der Waals surface area contributed by atoms with Crippen LogP contribution < -0.4 is 16.6 Å². The van der Waals surface area contributed by atoms with Gasteiger partial charge in [0.15, 0.2) is 0 Å². The number of quaternary nitrogens is 1. The number of para-hydroxylation sites is 2. The number of aryl methyl sites for hydroxylation is 2. The van der Waals surface area contributed by atoms with Crippen molar-refractivity contribution in [2.45, 2.75) is 20.1 Å². The average Bonchev–Trinajstić information content (AvgIpc) is 3.30. The first kappa shape index (κ1) is 23.5. The minimum atomic E-state index is -0.501. The first-order valence-corrected chi connectivity index (χ1v) is 11.2. The van der Waals surface area contributed by atoms with Crippen molar-refractivity contribution in [3.63, 3.8) is 0 Å². The summed E-state index contributed by atoms with van der Waals surface area (Å²) in [6, 6.07) is 19.3. The van der Waals surface area contributed by atoms with Crippen LogP contribution in [0.2, 0.25) is 10.3 Å². The molecule has 5 N–H and O–H groups in total. The number of hydrazone groups is 2. The Bertz CT molecular complexity index is 1210. The standard InChI is InChI=1S/C23H23Cl2N9/c1-15-19(21(24)33(31-15)17-9-5-3-6-10-17)13-27-29-23(26)30-28-14-20-16(2)32-34(22(20)25)18-11-7-4-8-12-18/h3-14,23,29-30H,26H2,1-2H3/p+1/b27-13-,28-14-. The van der Waals surface area contributed by atoms with Crippen LogP contribution in [-0.2, 0) is 0 Å². The van der Waals surface area contributed by atoms with Gasteiger partial charge >= 0.3 is 0 Å². The molecule has 9 nitrogen and oxygen atoms in total. The van der Waals surface area contributed by atoms with Gasteiger partial charge in [-0.1, -0.05) is 59.6 Å². The Labute approximate surface area is 206 Å². The van der Waals surface area contributed by atoms with Crippen molar-refractivity contribution in [1.82, 2.24) is 30.4 Å². The smallest absolute Gasteiger partial charge is 0.265 e. The Morgan fingerprint density at radius 2 is 1.15 bits per heavy atom. The fraction of sp³-hybridized carbons (Fsp3) is 0.130. The molecule has 34 heavy (non-hydrogen) atoms. The van der Waals surface area contributed by atoms with E-state index < -0.39 is 6.29 Å². The lowest BCUT2D eigenvalue weighted by atomic mass is 10.3. The van der Waals surface area contributed by atoms with Crippen LogP contribution in [-0.4, -0.2) is 38.3 Å². The van der Waals surface area contributed by atoms with Crippen molar-refractivity contribution in [2.24, 2.45) is 10.2 Å². The van der Waals surface area contributed by atoms with Crippen LogP contribution in [0.5, 0.6) is 0 Å². The number of hydrogen-bond acceptors (Lipinski definition) is 6. The molecule has 0 saturated carbocycles. The molecule has 0 amide bonds. The van der Waals surface area contributed by atoms with Crippen molar-refractivity contribution in [1.29, 1.82) is 0 Å². The minimum absolute atomic E-state index is 0.474. The predicted molar refractivity (Wildman–Crippen MR) is 135 cm³/mol. The molecule has 4 rings (SSSR count). The molecule has 0 atom stereocenters. The molecule has 0 radical (unpaired) electrons. The van der Waals surface area contributed by atoms with E-state index in [2.05, 4.69) is 37.0 Å². The Hall–Kier alpha value is -3.66. The highest BCUT2D eigenvalue weighted by Gasteiger charge is 2.14. The number of benzene rings is 2. The van der Waals surface area contributed by atoms with E-state index >= 15 is 0 Å². The van der Waals surface area contributed by atoms with Gasteiger partial charge in [-0.15, -0.1) is 0 Å². The molecule has 0 aliphatic carbocycles. The van der Waals surface area contributed by atoms with Crippen LogP contribution in [0.15, 0.2) is 70.9 Å². The molecule has 2 aromatic heterocycles. The molecule has 0 saturated heterocycles. The summed E-state index contributed by atoms with van der Waals surface area (Å²) >= 11 is 13.0. The summed E-state index contributed by atoms with van der Waals surface area (Å²) in [5.41, 5.74) is 14.4. The van der Waals surface area contributed by atoms with E-state index in [1.165, 1.54) is 0 Å². The van der Waals surface area contributed by atoms with Gasteiger partial charge in [0.25, 0.3) is 6.29 Å². The highest BCUT2D eigenvalue weighted by atomic mass is 35.5. The van der Waals surface area contributed by atoms with Crippen molar-refractivity contribution in [3.8, 4) is 11.4 Å². The second-order valence-electron chi connectivity index (χ2n) is 7.40. The summed E-state index contributed by atoms with van der Waals surface area (Å²) in [5, 5.41) is 18.4. The molecule has 0 bridgehead atoms. The van der Waals surface area contributed by atoms with E-state index in [9.17, 15) is 0 Å². The number of rotatable bonds is 8. The third-order valence-electron chi connectivity index (χ3n) is 4.95. The van der Waals surface area contributed by atoms with Crippen molar-refractivity contribution < 1.29 is 5.73 Å². The fourth-order valence-corrected chi connectivity index (χ4v) is 3.85. The molecule has 4 aromatic rings. The van der Waals surface area contributed by atoms with Crippen LogP contribution in [0.3, 0.4) is 0 Å². The van der Waals surface area contributed by atoms with Crippen LogP contribution in [0, 0.1) is 13.8 Å². The molecule has 0 unspecified atom stereocenters. The normalized spacial score (nSPS) is 11.7. The second-order valence-corrected chi connectivity index (χ2v) is 8.12. The predicted octanol–water partition coefficient (Wildman–Crippen LogP) is 3.05. The molecule has 0 fully saturated rings. The molecule has 0 aliphatic heterocycles. The molecule has 0 spiro atoms. The van der Waals surface area contributed by atoms with Crippen LogP contribution in [0.25, 0.3) is 11.4 Å². The number of aromatic nitrogens is 4. The summed E-state index contributed by atoms with van der Waals surface area (Å²) in [6.45, 7) is 3.75. The summed E-state index contributed by atoms with van der Waals surface area (Å²) in [4.78, 5) is 0. The Balaban J connectivity index is 1.38. The van der Waals surface area contributed by atoms with E-state index in [1.54, 1.807) is 21.8 Å². The van der Waals surface area contributed by atoms with Gasteiger partial charge in [-0.2, -0.15) is 20.4 Å². The number of hydrogen-bond donors (Lipinski definition) is 3. The van der Waals surface area contributed by atoms with E-state index in [4.69, 9.17) is 23.2 Å². The van der Waals surface area contributed by atoms with Gasteiger partial charge in [0.1, 0.15) is 10.3 Å². The first-order valence-electron chi connectivity index (χ1n) is 10.5. The number of halogens is 2. The Kier molecular flexibility index (Phi) is 7.27. The quantitative estimate of drug-likeness (QED) is 0.197. The second kappa shape index (κ2) is 10.5. The van der Waals surface area contributed by atoms with Gasteiger partial charge in [-0.3, -0.25) is 0 Å². The average molecular weight is 497 g/mol. The zero-order valence-corrected chi connectivity index (χ0v) is 20.2. The maximum atomic E-state index is 6.51. The zero-order valence-electron chi connectivity index (χ0n) is 18.7. The molecule has 0 aliphatic rings. The van der Waals surface area contributed by atoms with E-state index in [0.717, 1.165) is 22.8 Å². The number of nitrogens with zero attached hydrogens (tertiary/aromatic N) is 6. The van der Waals surface area contributed by atoms with Gasteiger partial charge in [-0.05, 0) is 38.1 Å². The summed E-state index contributed by atoms with van der Waals surface area (Å²) in [6.07, 6.45) is 2.72. The molecular weight excluding hydrogens is 473 g/mol. The number of nitrogens with one attached hydrogen (secondary N) is 2. The van der Waals surface area contributed by atoms with Gasteiger partial charge in [0.2, 0.25) is 0 Å². The lowest BCUT2D eigenvalue weighted by molar-refractivity contribution is -0.438. The monoisotopic (exact) mass is 496 g/mol. The van der Waals surface area contributed by atoms with Gasteiger partial charge < -0.3 is 5.73 Å². The maximum Gasteiger partial charge on any atom is 0.265 e. The molecule has 2 aromatic carbocycles. The van der Waals surface area contributed by atoms with E-state index in [-0.39, 0.29) is 0 Å². The SMILES string of the molecule is Cc1nn(-c2ccccc2)c(Cl)c1/C=N\NC([NH3+])N/N=C\c1c(C)nn(-c2ccccc2)c1Cl. The van der Waals surface area contributed by atoms with E-state index in [0.29, 0.717) is 21.4 Å². The third kappa shape index (κ3) is 5.12. The first-order chi connectivity index (χ1) is 16.5. The summed E-state index contributed by atoms with van der Waals surface area (Å²) in [7, 11) is 0. The summed E-state index contributed by atoms with van der Waals surface area (Å²) < 4.78 is 3.34. The maximum absolute atomic E-state index is 6.51. The molecular formula is C23H24Cl2N9+. The Morgan fingerprint density at radius 3 is 1.53 bits per heavy atom. The third-order valence-corrected chi connectivity index (χ3v) is 5.67. The van der Waals surface area contributed by atoms with Gasteiger partial charge in [0.05, 0.1) is 46.3 Å². The zero-order chi connectivity index (χ0) is 24.1. The lowest BCUT2D eigenvalue weighted by Gasteiger charge is -2.06. The topological polar surface area (TPSA) is 112 Å². The van der Waals surface area contributed by atoms with Gasteiger partial charge in [0, 0.05) is 0 Å². The molecule has 174 valence electrons.